The molecule has 0 aromatic heterocycles. The Morgan fingerprint density at radius 3 is 2.50 bits per heavy atom. The maximum Gasteiger partial charge on any atom is 0.228 e. The number of allylic oxidation sites excluding steroid dienone is 1. The molecule has 0 saturated carbocycles. The van der Waals surface area contributed by atoms with Crippen molar-refractivity contribution >= 4 is 17.9 Å². The van der Waals surface area contributed by atoms with Crippen LogP contribution in [-0.2, 0) is 4.79 Å². The fourth-order valence-corrected chi connectivity index (χ4v) is 0.101. The Morgan fingerprint density at radius 2 is 2.50 bits per heavy atom. The van der Waals surface area contributed by atoms with E-state index in [1.165, 1.54) is 6.29 Å². The summed E-state index contributed by atoms with van der Waals surface area (Å²) in [6, 6.07) is 0. The summed E-state index contributed by atoms with van der Waals surface area (Å²) in [5.74, 6) is 0. The molecule has 3 heteroatoms. The molecule has 0 aliphatic heterocycles. The highest BCUT2D eigenvalue weighted by Gasteiger charge is 1.71. The van der Waals surface area contributed by atoms with Crippen LogP contribution in [0.3, 0.4) is 0 Å². The molecule has 0 atom stereocenters. The monoisotopic (exact) mass is 104 g/mol. The number of nitrogens with two attached hydrogens (primary N) is 1. The van der Waals surface area contributed by atoms with Gasteiger partial charge in [0.25, 0.3) is 0 Å². The Hall–Kier alpha value is -0.500. The summed E-state index contributed by atoms with van der Waals surface area (Å²) in [6.45, 7) is 0. The fourth-order valence-electron chi connectivity index (χ4n) is 0.0563. The van der Waals surface area contributed by atoms with Gasteiger partial charge in [-0.3, -0.25) is 4.79 Å². The van der Waals surface area contributed by atoms with Gasteiger partial charge in [0.1, 0.15) is 5.16 Å². The number of halogens is 1. The van der Waals surface area contributed by atoms with Crippen LogP contribution in [0.4, 0.5) is 0 Å². The van der Waals surface area contributed by atoms with E-state index in [4.69, 9.17) is 17.3 Å². The van der Waals surface area contributed by atoms with E-state index in [1.807, 2.05) is 0 Å². The molecule has 0 saturated heterocycles. The molecular weight excluding hydrogens is 101 g/mol. The lowest BCUT2D eigenvalue weighted by atomic mass is 10.7. The Morgan fingerprint density at radius 1 is 2.00 bits per heavy atom. The molecule has 0 aliphatic rings. The van der Waals surface area contributed by atoms with Gasteiger partial charge in [-0.25, -0.2) is 0 Å². The van der Waals surface area contributed by atoms with Crippen molar-refractivity contribution in [2.75, 3.05) is 0 Å². The van der Waals surface area contributed by atoms with Gasteiger partial charge in [-0.05, 0) is 0 Å². The minimum atomic E-state index is -0.0370. The summed E-state index contributed by atoms with van der Waals surface area (Å²) < 4.78 is 0. The van der Waals surface area contributed by atoms with Crippen LogP contribution in [0.25, 0.3) is 0 Å². The molecule has 2 N–H and O–H groups in total. The second-order valence-corrected chi connectivity index (χ2v) is 1.08. The van der Waals surface area contributed by atoms with Crippen molar-refractivity contribution in [3.05, 3.63) is 11.2 Å². The van der Waals surface area contributed by atoms with Crippen molar-refractivity contribution in [3.8, 4) is 0 Å². The average molecular weight is 105 g/mol. The van der Waals surface area contributed by atoms with Crippen LogP contribution in [0.1, 0.15) is 0 Å². The molecule has 0 spiro atoms. The Labute approximate surface area is 40.6 Å². The zero-order valence-electron chi connectivity index (χ0n) is 2.94. The van der Waals surface area contributed by atoms with Crippen molar-refractivity contribution in [2.24, 2.45) is 5.73 Å². The third kappa shape index (κ3) is 3.50. The van der Waals surface area contributed by atoms with E-state index in [-0.39, 0.29) is 5.16 Å². The number of hydrogen-bond acceptors (Lipinski definition) is 2. The Bertz CT molecular complexity index is 74.9. The zero-order chi connectivity index (χ0) is 4.99. The molecular formula is C3H3ClNO. The molecule has 0 aromatic rings. The first-order chi connectivity index (χ1) is 2.77. The van der Waals surface area contributed by atoms with Crippen molar-refractivity contribution in [1.82, 2.24) is 0 Å². The molecule has 0 amide bonds. The first kappa shape index (κ1) is 5.50. The van der Waals surface area contributed by atoms with Gasteiger partial charge in [0.15, 0.2) is 0 Å². The van der Waals surface area contributed by atoms with E-state index in [0.29, 0.717) is 0 Å². The summed E-state index contributed by atoms with van der Waals surface area (Å²) in [7, 11) is 0. The van der Waals surface area contributed by atoms with Gasteiger partial charge in [0.05, 0.1) is 0 Å². The first-order valence-electron chi connectivity index (χ1n) is 1.26. The van der Waals surface area contributed by atoms with Crippen molar-refractivity contribution in [2.45, 2.75) is 0 Å². The standard InChI is InChI=1S/C3H3ClNO/c4-3(5)1-2-6/h1H,5H2/b3-1-. The predicted octanol–water partition coefficient (Wildman–Crippen LogP) is 0.135. The largest absolute Gasteiger partial charge is 0.389 e. The van der Waals surface area contributed by atoms with Crippen LogP contribution in [0, 0.1) is 0 Å². The van der Waals surface area contributed by atoms with E-state index in [0.717, 1.165) is 6.08 Å². The van der Waals surface area contributed by atoms with Gasteiger partial charge in [0, 0.05) is 6.08 Å². The number of hydrogen-bond donors (Lipinski definition) is 1. The highest BCUT2D eigenvalue weighted by atomic mass is 35.5. The lowest BCUT2D eigenvalue weighted by molar-refractivity contribution is 0.564. The van der Waals surface area contributed by atoms with Gasteiger partial charge >= 0.3 is 0 Å². The van der Waals surface area contributed by atoms with Crippen molar-refractivity contribution in [1.29, 1.82) is 0 Å². The molecule has 1 radical (unpaired) electrons. The summed E-state index contributed by atoms with van der Waals surface area (Å²) in [4.78, 5) is 9.25. The summed E-state index contributed by atoms with van der Waals surface area (Å²) >= 11 is 4.95. The molecule has 33 valence electrons. The van der Waals surface area contributed by atoms with Crippen LogP contribution in [0.15, 0.2) is 11.2 Å². The first-order valence-corrected chi connectivity index (χ1v) is 1.64. The van der Waals surface area contributed by atoms with E-state index in [9.17, 15) is 4.79 Å². The van der Waals surface area contributed by atoms with Crippen LogP contribution >= 0.6 is 11.6 Å². The van der Waals surface area contributed by atoms with E-state index in [2.05, 4.69) is 0 Å². The second-order valence-electron chi connectivity index (χ2n) is 0.647. The summed E-state index contributed by atoms with van der Waals surface area (Å²) in [6.07, 6.45) is 2.34. The maximum atomic E-state index is 9.25. The smallest absolute Gasteiger partial charge is 0.228 e. The molecule has 2 nitrogen and oxygen atoms in total. The van der Waals surface area contributed by atoms with E-state index < -0.39 is 0 Å². The molecule has 0 aliphatic carbocycles. The zero-order valence-corrected chi connectivity index (χ0v) is 3.70. The van der Waals surface area contributed by atoms with Gasteiger partial charge in [-0.1, -0.05) is 11.6 Å². The predicted molar refractivity (Wildman–Crippen MR) is 23.8 cm³/mol. The molecule has 0 rings (SSSR count). The lowest BCUT2D eigenvalue weighted by Crippen LogP contribution is -1.85. The molecule has 0 heterocycles. The normalized spacial score (nSPS) is 11.2. The molecule has 0 aromatic carbocycles. The minimum absolute atomic E-state index is 0.0370. The van der Waals surface area contributed by atoms with Crippen molar-refractivity contribution < 1.29 is 4.79 Å². The second kappa shape index (κ2) is 2.72. The van der Waals surface area contributed by atoms with Crippen LogP contribution in [0.5, 0.6) is 0 Å². The Kier molecular flexibility index (Phi) is 2.50. The topological polar surface area (TPSA) is 43.1 Å². The van der Waals surface area contributed by atoms with Gasteiger partial charge in [-0.2, -0.15) is 0 Å². The fraction of sp³-hybridized carbons (Fsp3) is 0. The minimum Gasteiger partial charge on any atom is -0.389 e. The molecule has 0 fully saturated rings. The quantitative estimate of drug-likeness (QED) is 0.380. The number of rotatable bonds is 1. The van der Waals surface area contributed by atoms with Crippen molar-refractivity contribution in [3.63, 3.8) is 0 Å². The lowest BCUT2D eigenvalue weighted by Gasteiger charge is -1.71. The van der Waals surface area contributed by atoms with Gasteiger partial charge in [0.2, 0.25) is 6.29 Å². The summed E-state index contributed by atoms with van der Waals surface area (Å²) in [5, 5.41) is -0.0370. The van der Waals surface area contributed by atoms with E-state index in [1.54, 1.807) is 0 Å². The van der Waals surface area contributed by atoms with Crippen LogP contribution < -0.4 is 5.73 Å². The van der Waals surface area contributed by atoms with Gasteiger partial charge < -0.3 is 5.73 Å². The molecule has 6 heavy (non-hydrogen) atoms. The number of carbonyl (C=O) groups excluding carboxylic acids is 1. The highest BCUT2D eigenvalue weighted by Crippen LogP contribution is 1.83. The Balaban J connectivity index is 3.41. The SMILES string of the molecule is N/C(Cl)=C\[C]=O. The van der Waals surface area contributed by atoms with Crippen LogP contribution in [-0.4, -0.2) is 6.29 Å². The van der Waals surface area contributed by atoms with Crippen LogP contribution in [0.2, 0.25) is 0 Å². The highest BCUT2D eigenvalue weighted by molar-refractivity contribution is 6.29. The third-order valence-electron chi connectivity index (χ3n) is 0.197. The third-order valence-corrected chi connectivity index (χ3v) is 0.306. The van der Waals surface area contributed by atoms with E-state index >= 15 is 0 Å². The molecule has 0 unspecified atom stereocenters. The average Bonchev–Trinajstić information content (AvgIpc) is 1.35. The van der Waals surface area contributed by atoms with Gasteiger partial charge in [-0.15, -0.1) is 0 Å². The molecule has 0 bridgehead atoms. The summed E-state index contributed by atoms with van der Waals surface area (Å²) in [5.41, 5.74) is 4.77. The maximum absolute atomic E-state index is 9.25.